The van der Waals surface area contributed by atoms with Crippen molar-refractivity contribution in [3.8, 4) is 0 Å². The van der Waals surface area contributed by atoms with Crippen molar-refractivity contribution in [2.24, 2.45) is 5.14 Å². The summed E-state index contributed by atoms with van der Waals surface area (Å²) in [7, 11) is -7.92. The SMILES string of the molecule is NS(=O)(=O)c1cccc(S(=O)(=O)Nc2cccc(Cl)c2)c1. The highest BCUT2D eigenvalue weighted by Crippen LogP contribution is 2.20. The Bertz CT molecular complexity index is 880. The number of hydrogen-bond donors (Lipinski definition) is 2. The first-order valence-electron chi connectivity index (χ1n) is 5.60. The van der Waals surface area contributed by atoms with E-state index in [0.29, 0.717) is 5.02 Å². The van der Waals surface area contributed by atoms with Gasteiger partial charge in [-0.2, -0.15) is 0 Å². The van der Waals surface area contributed by atoms with E-state index in [1.54, 1.807) is 12.1 Å². The number of rotatable bonds is 4. The molecule has 0 radical (unpaired) electrons. The van der Waals surface area contributed by atoms with Gasteiger partial charge in [0.25, 0.3) is 10.0 Å². The first-order valence-corrected chi connectivity index (χ1v) is 9.00. The molecular weight excluding hydrogens is 336 g/mol. The van der Waals surface area contributed by atoms with Crippen molar-refractivity contribution >= 4 is 37.3 Å². The molecule has 6 nitrogen and oxygen atoms in total. The number of anilines is 1. The van der Waals surface area contributed by atoms with E-state index >= 15 is 0 Å². The topological polar surface area (TPSA) is 106 Å². The minimum atomic E-state index is -3.98. The smallest absolute Gasteiger partial charge is 0.261 e. The van der Waals surface area contributed by atoms with Crippen LogP contribution >= 0.6 is 11.6 Å². The van der Waals surface area contributed by atoms with E-state index in [1.807, 2.05) is 0 Å². The van der Waals surface area contributed by atoms with Gasteiger partial charge in [-0.25, -0.2) is 22.0 Å². The van der Waals surface area contributed by atoms with Crippen molar-refractivity contribution in [2.45, 2.75) is 9.79 Å². The Morgan fingerprint density at radius 1 is 0.905 bits per heavy atom. The van der Waals surface area contributed by atoms with E-state index in [2.05, 4.69) is 4.72 Å². The lowest BCUT2D eigenvalue weighted by atomic mass is 10.3. The summed E-state index contributed by atoms with van der Waals surface area (Å²) < 4.78 is 49.2. The third kappa shape index (κ3) is 3.94. The van der Waals surface area contributed by atoms with E-state index in [1.165, 1.54) is 30.3 Å². The molecule has 0 aromatic heterocycles. The highest BCUT2D eigenvalue weighted by atomic mass is 35.5. The van der Waals surface area contributed by atoms with Crippen molar-refractivity contribution in [2.75, 3.05) is 4.72 Å². The van der Waals surface area contributed by atoms with Crippen LogP contribution in [0.25, 0.3) is 0 Å². The maximum absolute atomic E-state index is 12.2. The molecule has 0 aliphatic heterocycles. The molecule has 0 saturated carbocycles. The molecule has 0 heterocycles. The third-order valence-corrected chi connectivity index (χ3v) is 5.05. The van der Waals surface area contributed by atoms with Crippen LogP contribution in [0.2, 0.25) is 5.02 Å². The average molecular weight is 347 g/mol. The van der Waals surface area contributed by atoms with Gasteiger partial charge in [-0.3, -0.25) is 4.72 Å². The van der Waals surface area contributed by atoms with Crippen LogP contribution in [0.3, 0.4) is 0 Å². The predicted molar refractivity (Wildman–Crippen MR) is 80.1 cm³/mol. The molecule has 0 atom stereocenters. The van der Waals surface area contributed by atoms with Crippen LogP contribution in [0.4, 0.5) is 5.69 Å². The molecule has 2 aromatic rings. The summed E-state index contributed by atoms with van der Waals surface area (Å²) in [6.45, 7) is 0. The molecule has 0 amide bonds. The Balaban J connectivity index is 2.41. The number of halogens is 1. The maximum atomic E-state index is 12.2. The number of nitrogens with one attached hydrogen (secondary N) is 1. The van der Waals surface area contributed by atoms with Crippen LogP contribution in [-0.4, -0.2) is 16.8 Å². The summed E-state index contributed by atoms with van der Waals surface area (Å²) in [5, 5.41) is 5.35. The molecule has 0 aliphatic rings. The molecule has 3 N–H and O–H groups in total. The van der Waals surface area contributed by atoms with Crippen LogP contribution in [0.15, 0.2) is 58.3 Å². The average Bonchev–Trinajstić information content (AvgIpc) is 2.37. The highest BCUT2D eigenvalue weighted by Gasteiger charge is 2.17. The van der Waals surface area contributed by atoms with Crippen LogP contribution in [0.1, 0.15) is 0 Å². The van der Waals surface area contributed by atoms with Crippen molar-refractivity contribution in [3.63, 3.8) is 0 Å². The van der Waals surface area contributed by atoms with Gasteiger partial charge in [-0.15, -0.1) is 0 Å². The lowest BCUT2D eigenvalue weighted by Gasteiger charge is -2.09. The molecule has 21 heavy (non-hydrogen) atoms. The van der Waals surface area contributed by atoms with Gasteiger partial charge in [0, 0.05) is 5.02 Å². The van der Waals surface area contributed by atoms with E-state index in [-0.39, 0.29) is 15.5 Å². The first kappa shape index (κ1) is 15.8. The molecular formula is C12H11ClN2O4S2. The molecule has 0 bridgehead atoms. The summed E-state index contributed by atoms with van der Waals surface area (Å²) in [4.78, 5) is -0.495. The standard InChI is InChI=1S/C12H11ClN2O4S2/c13-9-3-1-4-10(7-9)15-21(18,19)12-6-2-5-11(8-12)20(14,16)17/h1-8,15H,(H2,14,16,17). The quantitative estimate of drug-likeness (QED) is 0.880. The maximum Gasteiger partial charge on any atom is 0.261 e. The van der Waals surface area contributed by atoms with Gasteiger partial charge in [0.05, 0.1) is 15.5 Å². The van der Waals surface area contributed by atoms with Gasteiger partial charge in [0.15, 0.2) is 0 Å². The van der Waals surface area contributed by atoms with E-state index in [9.17, 15) is 16.8 Å². The fourth-order valence-corrected chi connectivity index (χ4v) is 3.50. The third-order valence-electron chi connectivity index (χ3n) is 2.52. The molecule has 0 spiro atoms. The molecule has 0 fully saturated rings. The molecule has 2 rings (SSSR count). The summed E-state index contributed by atoms with van der Waals surface area (Å²) in [5.74, 6) is 0. The van der Waals surface area contributed by atoms with Crippen molar-refractivity contribution in [3.05, 3.63) is 53.6 Å². The summed E-state index contributed by atoms with van der Waals surface area (Å²) in [6, 6.07) is 10.9. The normalized spacial score (nSPS) is 12.1. The van der Waals surface area contributed by atoms with Crippen molar-refractivity contribution in [1.82, 2.24) is 0 Å². The fourth-order valence-electron chi connectivity index (χ4n) is 1.58. The van der Waals surface area contributed by atoms with Gasteiger partial charge < -0.3 is 0 Å². The highest BCUT2D eigenvalue weighted by molar-refractivity contribution is 7.93. The number of sulfonamides is 2. The Labute approximate surface area is 127 Å². The summed E-state index contributed by atoms with van der Waals surface area (Å²) in [6.07, 6.45) is 0. The van der Waals surface area contributed by atoms with Crippen molar-refractivity contribution < 1.29 is 16.8 Å². The first-order chi connectivity index (χ1) is 9.68. The molecule has 0 unspecified atom stereocenters. The number of nitrogens with two attached hydrogens (primary N) is 1. The number of primary sulfonamides is 1. The van der Waals surface area contributed by atoms with E-state index < -0.39 is 20.0 Å². The monoisotopic (exact) mass is 346 g/mol. The van der Waals surface area contributed by atoms with E-state index in [4.69, 9.17) is 16.7 Å². The van der Waals surface area contributed by atoms with Gasteiger partial charge in [-0.05, 0) is 36.4 Å². The number of benzene rings is 2. The van der Waals surface area contributed by atoms with Gasteiger partial charge in [0.2, 0.25) is 10.0 Å². The molecule has 0 aliphatic carbocycles. The second-order valence-electron chi connectivity index (χ2n) is 4.14. The zero-order valence-corrected chi connectivity index (χ0v) is 12.9. The van der Waals surface area contributed by atoms with Crippen LogP contribution < -0.4 is 9.86 Å². The molecule has 2 aromatic carbocycles. The Kier molecular flexibility index (Phi) is 4.24. The van der Waals surface area contributed by atoms with Gasteiger partial charge in [0.1, 0.15) is 0 Å². The second kappa shape index (κ2) is 5.64. The predicted octanol–water partition coefficient (Wildman–Crippen LogP) is 1.79. The Morgan fingerprint density at radius 2 is 1.52 bits per heavy atom. The Hall–Kier alpha value is -1.61. The number of hydrogen-bond acceptors (Lipinski definition) is 4. The molecule has 9 heteroatoms. The summed E-state index contributed by atoms with van der Waals surface area (Å²) >= 11 is 5.77. The second-order valence-corrected chi connectivity index (χ2v) is 7.82. The van der Waals surface area contributed by atoms with Crippen molar-refractivity contribution in [1.29, 1.82) is 0 Å². The Morgan fingerprint density at radius 3 is 2.14 bits per heavy atom. The molecule has 112 valence electrons. The molecule has 0 saturated heterocycles. The minimum absolute atomic E-state index is 0.214. The van der Waals surface area contributed by atoms with Gasteiger partial charge >= 0.3 is 0 Å². The van der Waals surface area contributed by atoms with Crippen LogP contribution in [0, 0.1) is 0 Å². The minimum Gasteiger partial charge on any atom is -0.280 e. The summed E-state index contributed by atoms with van der Waals surface area (Å²) in [5.41, 5.74) is 0.267. The fraction of sp³-hybridized carbons (Fsp3) is 0. The lowest BCUT2D eigenvalue weighted by molar-refractivity contribution is 0.597. The largest absolute Gasteiger partial charge is 0.280 e. The van der Waals surface area contributed by atoms with Crippen LogP contribution in [0.5, 0.6) is 0 Å². The van der Waals surface area contributed by atoms with Gasteiger partial charge in [-0.1, -0.05) is 23.7 Å². The zero-order chi connectivity index (χ0) is 15.7. The zero-order valence-electron chi connectivity index (χ0n) is 10.5. The van der Waals surface area contributed by atoms with E-state index in [0.717, 1.165) is 6.07 Å². The van der Waals surface area contributed by atoms with Crippen LogP contribution in [-0.2, 0) is 20.0 Å². The lowest BCUT2D eigenvalue weighted by Crippen LogP contribution is -2.16.